The molecule has 0 aliphatic carbocycles. The number of aliphatic imine (C=N–C) groups is 1. The van der Waals surface area contributed by atoms with Gasteiger partial charge in [-0.2, -0.15) is 10.2 Å². The molecule has 5 aromatic rings. The molecule has 0 saturated carbocycles. The summed E-state index contributed by atoms with van der Waals surface area (Å²) in [6, 6.07) is 15.2. The number of rotatable bonds is 2. The molecule has 12 nitrogen and oxygen atoms in total. The van der Waals surface area contributed by atoms with Gasteiger partial charge in [0.1, 0.15) is 0 Å². The lowest BCUT2D eigenvalue weighted by Gasteiger charge is -1.95. The molecule has 0 radical (unpaired) electrons. The summed E-state index contributed by atoms with van der Waals surface area (Å²) < 4.78 is 3.42. The average Bonchev–Trinajstić information content (AvgIpc) is 3.58. The number of nitrogens with two attached hydrogens (primary N) is 1. The second-order valence-electron chi connectivity index (χ2n) is 7.96. The van der Waals surface area contributed by atoms with Crippen molar-refractivity contribution in [2.75, 3.05) is 5.73 Å². The first-order chi connectivity index (χ1) is 17.2. The van der Waals surface area contributed by atoms with Crippen molar-refractivity contribution in [1.29, 1.82) is 0 Å². The molecule has 0 unspecified atom stereocenters. The summed E-state index contributed by atoms with van der Waals surface area (Å²) in [4.78, 5) is 24.0. The first kappa shape index (κ1) is 24.0. The van der Waals surface area contributed by atoms with E-state index in [2.05, 4.69) is 15.2 Å². The molecule has 184 valence electrons. The van der Waals surface area contributed by atoms with Gasteiger partial charge in [0.2, 0.25) is 0 Å². The smallest absolute Gasteiger partial charge is 0.271 e. The number of aromatic nitrogens is 4. The maximum Gasteiger partial charge on any atom is 0.271 e. The maximum atomic E-state index is 10.5. The van der Waals surface area contributed by atoms with E-state index in [1.165, 1.54) is 18.2 Å². The molecule has 2 N–H and O–H groups in total. The zero-order chi connectivity index (χ0) is 25.8. The monoisotopic (exact) mass is 488 g/mol. The van der Waals surface area contributed by atoms with E-state index in [0.717, 1.165) is 38.6 Å². The van der Waals surface area contributed by atoms with Crippen molar-refractivity contribution < 1.29 is 11.3 Å². The van der Waals surface area contributed by atoms with Crippen molar-refractivity contribution in [1.82, 2.24) is 19.6 Å². The topological polar surface area (TPSA) is 160 Å². The third kappa shape index (κ3) is 5.17. The van der Waals surface area contributed by atoms with Gasteiger partial charge in [-0.25, -0.2) is 0 Å². The van der Waals surface area contributed by atoms with Gasteiger partial charge in [0.05, 0.1) is 39.8 Å². The lowest BCUT2D eigenvalue weighted by Crippen LogP contribution is -1.91. The predicted octanol–water partition coefficient (Wildman–Crippen LogP) is 4.41. The predicted molar refractivity (Wildman–Crippen MR) is 139 cm³/mol. The molecule has 1 aliphatic rings. The van der Waals surface area contributed by atoms with Crippen molar-refractivity contribution in [3.63, 3.8) is 0 Å². The third-order valence-corrected chi connectivity index (χ3v) is 5.55. The molecule has 3 heterocycles. The Morgan fingerprint density at radius 1 is 0.833 bits per heavy atom. The summed E-state index contributed by atoms with van der Waals surface area (Å²) in [5, 5.41) is 30.9. The van der Waals surface area contributed by atoms with Crippen molar-refractivity contribution >= 4 is 45.1 Å². The number of aryl methyl sites for hydroxylation is 2. The summed E-state index contributed by atoms with van der Waals surface area (Å²) in [6.45, 7) is 0.566. The number of nitrogens with zero attached hydrogens (tertiary/aromatic N) is 7. The number of nitro groups is 2. The molecule has 0 saturated heterocycles. The number of anilines is 1. The Kier molecular flexibility index (Phi) is 6.68. The second-order valence-corrected chi connectivity index (χ2v) is 7.96. The summed E-state index contributed by atoms with van der Waals surface area (Å²) in [7, 11) is 3.66. The zero-order valence-corrected chi connectivity index (χ0v) is 19.5. The SMILES string of the molecule is Cn1ncc2ccc(N)cc21.Cn1ncc2ccc([N+](=O)[O-])cc21.O=[N+]([O-])c1ccc2c(c1)CN=C2.[HH]. The lowest BCUT2D eigenvalue weighted by molar-refractivity contribution is -0.385. The minimum absolute atomic E-state index is 0. The Labute approximate surface area is 206 Å². The summed E-state index contributed by atoms with van der Waals surface area (Å²) in [5.74, 6) is 0. The number of fused-ring (bicyclic) bond motifs is 3. The highest BCUT2D eigenvalue weighted by Crippen LogP contribution is 2.21. The van der Waals surface area contributed by atoms with Crippen LogP contribution in [0.1, 0.15) is 12.6 Å². The first-order valence-corrected chi connectivity index (χ1v) is 10.7. The van der Waals surface area contributed by atoms with Crippen LogP contribution in [0.25, 0.3) is 21.8 Å². The van der Waals surface area contributed by atoms with Crippen molar-refractivity contribution in [3.8, 4) is 0 Å². The third-order valence-electron chi connectivity index (χ3n) is 5.55. The largest absolute Gasteiger partial charge is 0.399 e. The van der Waals surface area contributed by atoms with Gasteiger partial charge in [-0.1, -0.05) is 0 Å². The lowest BCUT2D eigenvalue weighted by atomic mass is 10.1. The minimum Gasteiger partial charge on any atom is -0.399 e. The maximum absolute atomic E-state index is 10.5. The van der Waals surface area contributed by atoms with Gasteiger partial charge in [-0.15, -0.1) is 0 Å². The van der Waals surface area contributed by atoms with E-state index in [-0.39, 0.29) is 12.8 Å². The molecule has 1 aliphatic heterocycles. The Morgan fingerprint density at radius 2 is 1.39 bits per heavy atom. The summed E-state index contributed by atoms with van der Waals surface area (Å²) >= 11 is 0. The van der Waals surface area contributed by atoms with Gasteiger partial charge in [0.15, 0.2) is 0 Å². The van der Waals surface area contributed by atoms with Gasteiger partial charge in [0.25, 0.3) is 11.4 Å². The normalized spacial score (nSPS) is 11.4. The van der Waals surface area contributed by atoms with Gasteiger partial charge < -0.3 is 5.73 Å². The molecule has 12 heteroatoms. The Bertz CT molecular complexity index is 1630. The molecule has 6 rings (SSSR count). The Morgan fingerprint density at radius 3 is 2.03 bits per heavy atom. The first-order valence-electron chi connectivity index (χ1n) is 10.7. The van der Waals surface area contributed by atoms with Crippen molar-refractivity contribution in [2.45, 2.75) is 6.54 Å². The van der Waals surface area contributed by atoms with Gasteiger partial charge >= 0.3 is 0 Å². The van der Waals surface area contributed by atoms with E-state index in [9.17, 15) is 20.2 Å². The number of non-ortho nitro benzene ring substituents is 2. The highest BCUT2D eigenvalue weighted by atomic mass is 16.6. The molecule has 36 heavy (non-hydrogen) atoms. The highest BCUT2D eigenvalue weighted by molar-refractivity contribution is 5.85. The van der Waals surface area contributed by atoms with Crippen LogP contribution in [0.4, 0.5) is 17.1 Å². The number of nitro benzene ring substituents is 2. The second kappa shape index (κ2) is 10.0. The van der Waals surface area contributed by atoms with Gasteiger partial charge in [-0.3, -0.25) is 34.6 Å². The van der Waals surface area contributed by atoms with E-state index in [0.29, 0.717) is 6.54 Å². The summed E-state index contributed by atoms with van der Waals surface area (Å²) in [6.07, 6.45) is 5.24. The fourth-order valence-corrected chi connectivity index (χ4v) is 3.62. The van der Waals surface area contributed by atoms with Crippen molar-refractivity contribution in [2.24, 2.45) is 19.1 Å². The minimum atomic E-state index is -0.410. The summed E-state index contributed by atoms with van der Waals surface area (Å²) in [5.41, 5.74) is 10.4. The molecule has 3 aromatic carbocycles. The molecule has 0 atom stereocenters. The number of nitrogen functional groups attached to an aromatic ring is 1. The number of hydrogen-bond acceptors (Lipinski definition) is 8. The van der Waals surface area contributed by atoms with Crippen LogP contribution in [0.2, 0.25) is 0 Å². The fraction of sp³-hybridized carbons (Fsp3) is 0.125. The number of benzene rings is 3. The van der Waals surface area contributed by atoms with Crippen LogP contribution < -0.4 is 5.73 Å². The molecule has 0 spiro atoms. The van der Waals surface area contributed by atoms with Crippen LogP contribution in [-0.2, 0) is 20.6 Å². The van der Waals surface area contributed by atoms with Crippen molar-refractivity contribution in [3.05, 3.63) is 98.3 Å². The Balaban J connectivity index is 0.000000153. The van der Waals surface area contributed by atoms with E-state index in [1.807, 2.05) is 36.1 Å². The standard InChI is InChI=1S/C8H7N3O2.C8H9N3.C8H6N2O2.H2/c1-10-8-4-7(11(12)13)3-2-6(8)5-9-10;1-11-8-4-7(9)3-2-6(8)5-10-11;11-10(12)8-2-1-6-4-9-5-7(6)3-8;/h2-5H,1H3;2-5H,9H2,1H3;1-4H,5H2;1H. The van der Waals surface area contributed by atoms with Gasteiger partial charge in [-0.05, 0) is 41.5 Å². The van der Waals surface area contributed by atoms with E-state index in [4.69, 9.17) is 5.73 Å². The van der Waals surface area contributed by atoms with Crippen LogP contribution in [-0.4, -0.2) is 35.6 Å². The molecular formula is C24H24N8O4. The average molecular weight is 489 g/mol. The molecular weight excluding hydrogens is 464 g/mol. The molecule has 0 bridgehead atoms. The molecule has 0 fully saturated rings. The zero-order valence-electron chi connectivity index (χ0n) is 19.5. The molecule has 0 amide bonds. The van der Waals surface area contributed by atoms with Gasteiger partial charge in [0, 0.05) is 62.5 Å². The fourth-order valence-electron chi connectivity index (χ4n) is 3.62. The van der Waals surface area contributed by atoms with E-state index in [1.54, 1.807) is 42.3 Å². The highest BCUT2D eigenvalue weighted by Gasteiger charge is 2.11. The van der Waals surface area contributed by atoms with Crippen LogP contribution in [0, 0.1) is 20.2 Å². The quantitative estimate of drug-likeness (QED) is 0.219. The van der Waals surface area contributed by atoms with E-state index < -0.39 is 9.85 Å². The Hall–Kier alpha value is -5.13. The van der Waals surface area contributed by atoms with Crippen LogP contribution in [0.3, 0.4) is 0 Å². The van der Waals surface area contributed by atoms with Crippen LogP contribution in [0.15, 0.2) is 72.0 Å². The number of hydrogen-bond donors (Lipinski definition) is 1. The van der Waals surface area contributed by atoms with Crippen LogP contribution >= 0.6 is 0 Å². The molecule has 2 aromatic heterocycles. The van der Waals surface area contributed by atoms with E-state index >= 15 is 0 Å². The van der Waals surface area contributed by atoms with Crippen LogP contribution in [0.5, 0.6) is 0 Å².